The monoisotopic (exact) mass is 486 g/mol. The van der Waals surface area contributed by atoms with E-state index in [1.807, 2.05) is 13.8 Å². The second kappa shape index (κ2) is 7.19. The van der Waals surface area contributed by atoms with Gasteiger partial charge in [-0.25, -0.2) is 0 Å². The van der Waals surface area contributed by atoms with E-state index in [2.05, 4.69) is 25.2 Å². The highest BCUT2D eigenvalue weighted by molar-refractivity contribution is 5.84. The van der Waals surface area contributed by atoms with Crippen molar-refractivity contribution in [1.82, 2.24) is 0 Å². The molecule has 12 atom stereocenters. The van der Waals surface area contributed by atoms with Gasteiger partial charge in [0, 0.05) is 32.3 Å². The Morgan fingerprint density at radius 2 is 1.97 bits per heavy atom. The van der Waals surface area contributed by atoms with Gasteiger partial charge in [-0.15, -0.1) is 0 Å². The third kappa shape index (κ3) is 2.67. The minimum Gasteiger partial charge on any atom is -0.432 e. The fourth-order valence-corrected chi connectivity index (χ4v) is 9.55. The zero-order chi connectivity index (χ0) is 24.4. The smallest absolute Gasteiger partial charge is 0.318 e. The van der Waals surface area contributed by atoms with Crippen molar-refractivity contribution in [3.63, 3.8) is 0 Å². The topological polar surface area (TPSA) is 83.5 Å². The molecule has 0 aromatic carbocycles. The highest BCUT2D eigenvalue weighted by atomic mass is 16.8. The fourth-order valence-electron chi connectivity index (χ4n) is 9.55. The van der Waals surface area contributed by atoms with Gasteiger partial charge < -0.3 is 28.8 Å². The Labute approximate surface area is 207 Å². The number of rotatable bonds is 3. The Morgan fingerprint density at radius 3 is 2.77 bits per heavy atom. The summed E-state index contributed by atoms with van der Waals surface area (Å²) < 4.78 is 30.4. The third-order valence-electron chi connectivity index (χ3n) is 11.2. The summed E-state index contributed by atoms with van der Waals surface area (Å²) in [6.45, 7) is 6.26. The molecule has 2 saturated carbocycles. The summed E-state index contributed by atoms with van der Waals surface area (Å²) in [5, 5.41) is 10.3. The fraction of sp³-hybridized carbons (Fsp3) is 0.821. The first-order valence-electron chi connectivity index (χ1n) is 13.5. The molecule has 35 heavy (non-hydrogen) atoms. The van der Waals surface area contributed by atoms with E-state index in [1.165, 1.54) is 5.57 Å². The van der Waals surface area contributed by atoms with Crippen LogP contribution in [0.25, 0.3) is 0 Å². The van der Waals surface area contributed by atoms with Crippen molar-refractivity contribution in [1.29, 1.82) is 0 Å². The van der Waals surface area contributed by atoms with Crippen molar-refractivity contribution in [2.24, 2.45) is 28.6 Å². The predicted octanol–water partition coefficient (Wildman–Crippen LogP) is 3.64. The van der Waals surface area contributed by atoms with E-state index in [0.717, 1.165) is 38.5 Å². The van der Waals surface area contributed by atoms with Crippen LogP contribution in [0.2, 0.25) is 0 Å². The standard InChI is InChI=1S/C28H38O7/c1-15-23(29)20(31-4)14-22(32-15)33-17-7-10-25(2)16(13-17)5-6-19-18(25)8-11-27-21-9-12-28(19,27)35-26(21,3)34-24(27)30/h5-6,13,15,17-23,29H,7-12,14H2,1-4H3/t15-,17+,18+,19-,20+,21-,22+,23-,25+,26-,27-,28+/m1/s1. The highest BCUT2D eigenvalue weighted by Gasteiger charge is 2.86. The predicted molar refractivity (Wildman–Crippen MR) is 125 cm³/mol. The number of hydrogen-bond acceptors (Lipinski definition) is 7. The summed E-state index contributed by atoms with van der Waals surface area (Å²) in [5.74, 6) is 0.120. The van der Waals surface area contributed by atoms with Gasteiger partial charge in [0.05, 0.1) is 23.9 Å². The minimum atomic E-state index is -0.745. The number of hydrogen-bond donors (Lipinski definition) is 1. The van der Waals surface area contributed by atoms with Gasteiger partial charge in [-0.2, -0.15) is 0 Å². The van der Waals surface area contributed by atoms with Gasteiger partial charge in [0.2, 0.25) is 5.79 Å². The molecule has 0 unspecified atom stereocenters. The summed E-state index contributed by atoms with van der Waals surface area (Å²) in [7, 11) is 1.63. The van der Waals surface area contributed by atoms with E-state index >= 15 is 0 Å². The molecular weight excluding hydrogens is 448 g/mol. The van der Waals surface area contributed by atoms with E-state index in [9.17, 15) is 9.90 Å². The van der Waals surface area contributed by atoms with Crippen LogP contribution in [-0.4, -0.2) is 60.3 Å². The Balaban J connectivity index is 1.16. The van der Waals surface area contributed by atoms with Crippen molar-refractivity contribution in [3.05, 3.63) is 23.8 Å². The summed E-state index contributed by atoms with van der Waals surface area (Å²) in [6, 6.07) is 0. The number of ether oxygens (including phenoxy) is 5. The van der Waals surface area contributed by atoms with Gasteiger partial charge >= 0.3 is 5.97 Å². The molecule has 4 bridgehead atoms. The van der Waals surface area contributed by atoms with Crippen LogP contribution in [0.15, 0.2) is 23.8 Å². The van der Waals surface area contributed by atoms with Crippen molar-refractivity contribution >= 4 is 5.97 Å². The number of carbonyl (C=O) groups excluding carboxylic acids is 1. The number of aliphatic hydroxyl groups is 1. The highest BCUT2D eigenvalue weighted by Crippen LogP contribution is 2.78. The maximum absolute atomic E-state index is 13.2. The van der Waals surface area contributed by atoms with E-state index < -0.39 is 22.9 Å². The summed E-state index contributed by atoms with van der Waals surface area (Å²) >= 11 is 0. The molecule has 5 fully saturated rings. The molecule has 7 aliphatic rings. The summed E-state index contributed by atoms with van der Waals surface area (Å²) in [4.78, 5) is 13.2. The molecule has 7 nitrogen and oxygen atoms in total. The molecule has 192 valence electrons. The van der Waals surface area contributed by atoms with Gasteiger partial charge in [0.1, 0.15) is 11.5 Å². The van der Waals surface area contributed by atoms with Crippen LogP contribution >= 0.6 is 0 Å². The molecule has 1 N–H and O–H groups in total. The molecule has 3 heterocycles. The first kappa shape index (κ1) is 22.9. The van der Waals surface area contributed by atoms with E-state index in [-0.39, 0.29) is 47.8 Å². The molecule has 7 rings (SSSR count). The Kier molecular flexibility index (Phi) is 4.71. The number of carbonyl (C=O) groups is 1. The molecule has 0 aromatic rings. The zero-order valence-corrected chi connectivity index (χ0v) is 21.2. The van der Waals surface area contributed by atoms with E-state index in [4.69, 9.17) is 23.7 Å². The number of fused-ring (bicyclic) bond motifs is 3. The molecule has 3 aliphatic heterocycles. The lowest BCUT2D eigenvalue weighted by molar-refractivity contribution is -0.300. The van der Waals surface area contributed by atoms with Crippen LogP contribution in [0.5, 0.6) is 0 Å². The number of methoxy groups -OCH3 is 1. The van der Waals surface area contributed by atoms with Gasteiger partial charge in [-0.3, -0.25) is 4.79 Å². The second-order valence-electron chi connectivity index (χ2n) is 12.5. The average Bonchev–Trinajstić information content (AvgIpc) is 3.36. The molecule has 7 heteroatoms. The van der Waals surface area contributed by atoms with Crippen molar-refractivity contribution in [3.8, 4) is 0 Å². The number of allylic oxidation sites excluding steroid dienone is 2. The Bertz CT molecular complexity index is 1010. The van der Waals surface area contributed by atoms with E-state index in [1.54, 1.807) is 7.11 Å². The van der Waals surface area contributed by atoms with Gasteiger partial charge in [-0.05, 0) is 62.4 Å². The third-order valence-corrected chi connectivity index (χ3v) is 11.2. The van der Waals surface area contributed by atoms with Crippen LogP contribution in [0.1, 0.15) is 65.7 Å². The Hall–Kier alpha value is -1.25. The molecule has 3 saturated heterocycles. The van der Waals surface area contributed by atoms with Crippen LogP contribution < -0.4 is 0 Å². The van der Waals surface area contributed by atoms with Crippen molar-refractivity contribution in [2.45, 2.75) is 108 Å². The lowest BCUT2D eigenvalue weighted by atomic mass is 9.47. The molecule has 4 aliphatic carbocycles. The van der Waals surface area contributed by atoms with Crippen LogP contribution in [0.3, 0.4) is 0 Å². The normalized spacial score (nSPS) is 57.9. The SMILES string of the molecule is CO[C@H]1C[C@H](O[C@@H]2C=C3C=C[C@@H]4[C@H](CC[C@@]56C(=O)O[C@]7(C)O[C@@]45CC[C@H]76)[C@@]3(C)CC2)O[C@H](C)[C@H]1O. The summed E-state index contributed by atoms with van der Waals surface area (Å²) in [6.07, 6.45) is 11.6. The maximum atomic E-state index is 13.2. The zero-order valence-electron chi connectivity index (χ0n) is 21.2. The van der Waals surface area contributed by atoms with Crippen molar-refractivity contribution in [2.75, 3.05) is 7.11 Å². The van der Waals surface area contributed by atoms with Gasteiger partial charge in [0.15, 0.2) is 6.29 Å². The summed E-state index contributed by atoms with van der Waals surface area (Å²) in [5.41, 5.74) is 0.504. The van der Waals surface area contributed by atoms with Crippen LogP contribution in [0.4, 0.5) is 0 Å². The lowest BCUT2D eigenvalue weighted by Gasteiger charge is -2.59. The molecular formula is C28H38O7. The number of esters is 1. The second-order valence-corrected chi connectivity index (χ2v) is 12.5. The maximum Gasteiger partial charge on any atom is 0.318 e. The molecule has 1 spiro atoms. The van der Waals surface area contributed by atoms with Gasteiger partial charge in [-0.1, -0.05) is 25.2 Å². The molecule has 0 aromatic heterocycles. The van der Waals surface area contributed by atoms with Gasteiger partial charge in [0.25, 0.3) is 0 Å². The molecule has 0 radical (unpaired) electrons. The lowest BCUT2D eigenvalue weighted by Crippen LogP contribution is -2.63. The van der Waals surface area contributed by atoms with Crippen LogP contribution in [-0.2, 0) is 28.5 Å². The van der Waals surface area contributed by atoms with Crippen LogP contribution in [0, 0.1) is 28.6 Å². The van der Waals surface area contributed by atoms with Crippen molar-refractivity contribution < 1.29 is 33.6 Å². The first-order chi connectivity index (χ1) is 16.7. The number of aliphatic hydroxyl groups excluding tert-OH is 1. The average molecular weight is 487 g/mol. The first-order valence-corrected chi connectivity index (χ1v) is 13.5. The largest absolute Gasteiger partial charge is 0.432 e. The Morgan fingerprint density at radius 1 is 1.14 bits per heavy atom. The quantitative estimate of drug-likeness (QED) is 0.610. The molecule has 0 amide bonds. The van der Waals surface area contributed by atoms with E-state index in [0.29, 0.717) is 12.3 Å². The minimum absolute atomic E-state index is 0.00890.